The summed E-state index contributed by atoms with van der Waals surface area (Å²) >= 11 is 0. The van der Waals surface area contributed by atoms with Crippen LogP contribution < -0.4 is 4.31 Å². The molecule has 112 valence electrons. The Morgan fingerprint density at radius 3 is 2.38 bits per heavy atom. The smallest absolute Gasteiger partial charge is 0.264 e. The van der Waals surface area contributed by atoms with Crippen molar-refractivity contribution < 1.29 is 12.8 Å². The van der Waals surface area contributed by atoms with Crippen molar-refractivity contribution in [2.45, 2.75) is 25.7 Å². The van der Waals surface area contributed by atoms with Gasteiger partial charge in [-0.2, -0.15) is 0 Å². The number of aryl methyl sites for hydroxylation is 2. The van der Waals surface area contributed by atoms with Gasteiger partial charge in [-0.1, -0.05) is 23.8 Å². The molecule has 0 aliphatic heterocycles. The monoisotopic (exact) mass is 307 g/mol. The molecule has 0 fully saturated rings. The summed E-state index contributed by atoms with van der Waals surface area (Å²) in [5, 5.41) is 0. The molecule has 21 heavy (non-hydrogen) atoms. The summed E-state index contributed by atoms with van der Waals surface area (Å²) in [7, 11) is -3.70. The van der Waals surface area contributed by atoms with E-state index in [4.69, 9.17) is 0 Å². The molecule has 0 amide bonds. The lowest BCUT2D eigenvalue weighted by molar-refractivity contribution is 0.590. The fourth-order valence-corrected chi connectivity index (χ4v) is 4.00. The van der Waals surface area contributed by atoms with Crippen molar-refractivity contribution in [1.82, 2.24) is 0 Å². The topological polar surface area (TPSA) is 37.4 Å². The summed E-state index contributed by atoms with van der Waals surface area (Å²) in [6.07, 6.45) is 0. The molecule has 0 spiro atoms. The van der Waals surface area contributed by atoms with Gasteiger partial charge >= 0.3 is 0 Å². The second kappa shape index (κ2) is 5.85. The zero-order chi connectivity index (χ0) is 15.6. The highest BCUT2D eigenvalue weighted by molar-refractivity contribution is 7.92. The van der Waals surface area contributed by atoms with Crippen molar-refractivity contribution in [1.29, 1.82) is 0 Å². The van der Waals surface area contributed by atoms with Crippen LogP contribution in [0.15, 0.2) is 47.4 Å². The second-order valence-corrected chi connectivity index (χ2v) is 6.75. The fraction of sp³-hybridized carbons (Fsp3) is 0.250. The number of hydrogen-bond acceptors (Lipinski definition) is 2. The van der Waals surface area contributed by atoms with E-state index < -0.39 is 15.8 Å². The highest BCUT2D eigenvalue weighted by Crippen LogP contribution is 2.26. The van der Waals surface area contributed by atoms with Gasteiger partial charge in [0.05, 0.1) is 10.6 Å². The molecule has 2 rings (SSSR count). The van der Waals surface area contributed by atoms with E-state index in [1.165, 1.54) is 22.5 Å². The zero-order valence-corrected chi connectivity index (χ0v) is 13.1. The third-order valence-electron chi connectivity index (χ3n) is 3.28. The van der Waals surface area contributed by atoms with Crippen LogP contribution in [0.1, 0.15) is 18.1 Å². The Morgan fingerprint density at radius 2 is 1.81 bits per heavy atom. The summed E-state index contributed by atoms with van der Waals surface area (Å²) in [5.74, 6) is -0.457. The van der Waals surface area contributed by atoms with Crippen molar-refractivity contribution in [3.05, 3.63) is 59.4 Å². The molecule has 0 unspecified atom stereocenters. The standard InChI is InChI=1S/C16H18FNO2S/c1-4-18(15-7-5-6-14(17)11-15)21(19,20)16-9-8-12(2)10-13(16)3/h5-11H,4H2,1-3H3. The average molecular weight is 307 g/mol. The van der Waals surface area contributed by atoms with Crippen molar-refractivity contribution in [3.8, 4) is 0 Å². The van der Waals surface area contributed by atoms with Crippen LogP contribution in [0, 0.1) is 19.7 Å². The molecular weight excluding hydrogens is 289 g/mol. The summed E-state index contributed by atoms with van der Waals surface area (Å²) < 4.78 is 40.2. The number of sulfonamides is 1. The number of halogens is 1. The number of hydrogen-bond donors (Lipinski definition) is 0. The van der Waals surface area contributed by atoms with E-state index in [1.54, 1.807) is 32.0 Å². The average Bonchev–Trinajstić information content (AvgIpc) is 2.38. The van der Waals surface area contributed by atoms with Crippen molar-refractivity contribution in [3.63, 3.8) is 0 Å². The quantitative estimate of drug-likeness (QED) is 0.864. The second-order valence-electron chi connectivity index (χ2n) is 4.92. The number of anilines is 1. The Bertz CT molecular complexity index is 757. The third kappa shape index (κ3) is 3.08. The van der Waals surface area contributed by atoms with Gasteiger partial charge in [-0.3, -0.25) is 4.31 Å². The maximum Gasteiger partial charge on any atom is 0.264 e. The van der Waals surface area contributed by atoms with Crippen LogP contribution in [0.25, 0.3) is 0 Å². The Morgan fingerprint density at radius 1 is 1.10 bits per heavy atom. The van der Waals surface area contributed by atoms with E-state index in [-0.39, 0.29) is 11.4 Å². The molecule has 2 aromatic rings. The Labute approximate surface area is 125 Å². The molecule has 5 heteroatoms. The fourth-order valence-electron chi connectivity index (χ4n) is 2.33. The lowest BCUT2D eigenvalue weighted by Gasteiger charge is -2.24. The molecule has 0 saturated heterocycles. The lowest BCUT2D eigenvalue weighted by atomic mass is 10.2. The first-order valence-corrected chi connectivity index (χ1v) is 8.16. The van der Waals surface area contributed by atoms with Gasteiger partial charge in [-0.25, -0.2) is 12.8 Å². The maximum absolute atomic E-state index is 13.4. The van der Waals surface area contributed by atoms with E-state index in [1.807, 2.05) is 13.0 Å². The maximum atomic E-state index is 13.4. The van der Waals surface area contributed by atoms with Crippen LogP contribution >= 0.6 is 0 Å². The van der Waals surface area contributed by atoms with E-state index in [9.17, 15) is 12.8 Å². The minimum Gasteiger partial charge on any atom is -0.267 e. The van der Waals surface area contributed by atoms with Gasteiger partial charge in [0, 0.05) is 6.54 Å². The van der Waals surface area contributed by atoms with E-state index >= 15 is 0 Å². The van der Waals surface area contributed by atoms with Gasteiger partial charge in [0.1, 0.15) is 5.82 Å². The van der Waals surface area contributed by atoms with E-state index in [0.29, 0.717) is 11.3 Å². The summed E-state index contributed by atoms with van der Waals surface area (Å²) in [4.78, 5) is 0.249. The van der Waals surface area contributed by atoms with Crippen LogP contribution in [0.2, 0.25) is 0 Å². The predicted octanol–water partition coefficient (Wildman–Crippen LogP) is 3.66. The SMILES string of the molecule is CCN(c1cccc(F)c1)S(=O)(=O)c1ccc(C)cc1C. The van der Waals surface area contributed by atoms with Crippen molar-refractivity contribution >= 4 is 15.7 Å². The highest BCUT2D eigenvalue weighted by Gasteiger charge is 2.25. The summed E-state index contributed by atoms with van der Waals surface area (Å²) in [6.45, 7) is 5.64. The normalized spacial score (nSPS) is 11.4. The summed E-state index contributed by atoms with van der Waals surface area (Å²) in [5.41, 5.74) is 2.02. The molecule has 0 N–H and O–H groups in total. The molecule has 0 heterocycles. The molecule has 0 aliphatic carbocycles. The Balaban J connectivity index is 2.54. The van der Waals surface area contributed by atoms with Crippen LogP contribution in [0.5, 0.6) is 0 Å². The van der Waals surface area contributed by atoms with Gasteiger partial charge in [-0.05, 0) is 50.6 Å². The van der Waals surface area contributed by atoms with Crippen LogP contribution in [0.4, 0.5) is 10.1 Å². The van der Waals surface area contributed by atoms with E-state index in [0.717, 1.165) is 5.56 Å². The minimum atomic E-state index is -3.70. The number of nitrogens with zero attached hydrogens (tertiary/aromatic N) is 1. The Hall–Kier alpha value is -1.88. The number of benzene rings is 2. The first-order chi connectivity index (χ1) is 9.86. The lowest BCUT2D eigenvalue weighted by Crippen LogP contribution is -2.31. The zero-order valence-electron chi connectivity index (χ0n) is 12.3. The van der Waals surface area contributed by atoms with Gasteiger partial charge in [0.15, 0.2) is 0 Å². The molecule has 0 atom stereocenters. The molecule has 0 saturated carbocycles. The van der Waals surface area contributed by atoms with Gasteiger partial charge in [-0.15, -0.1) is 0 Å². The molecule has 0 aliphatic rings. The van der Waals surface area contributed by atoms with Crippen LogP contribution in [-0.4, -0.2) is 15.0 Å². The van der Waals surface area contributed by atoms with Crippen molar-refractivity contribution in [2.24, 2.45) is 0 Å². The molecule has 0 bridgehead atoms. The largest absolute Gasteiger partial charge is 0.267 e. The number of rotatable bonds is 4. The third-order valence-corrected chi connectivity index (χ3v) is 5.35. The predicted molar refractivity (Wildman–Crippen MR) is 82.5 cm³/mol. The molecule has 0 aromatic heterocycles. The van der Waals surface area contributed by atoms with E-state index in [2.05, 4.69) is 0 Å². The van der Waals surface area contributed by atoms with Gasteiger partial charge in [0.2, 0.25) is 0 Å². The molecule has 0 radical (unpaired) electrons. The van der Waals surface area contributed by atoms with Crippen molar-refractivity contribution in [2.75, 3.05) is 10.8 Å². The van der Waals surface area contributed by atoms with Gasteiger partial charge < -0.3 is 0 Å². The molecule has 3 nitrogen and oxygen atoms in total. The molecular formula is C16H18FNO2S. The van der Waals surface area contributed by atoms with Crippen LogP contribution in [0.3, 0.4) is 0 Å². The minimum absolute atomic E-state index is 0.235. The first kappa shape index (κ1) is 15.5. The Kier molecular flexibility index (Phi) is 4.32. The first-order valence-electron chi connectivity index (χ1n) is 6.72. The van der Waals surface area contributed by atoms with Gasteiger partial charge in [0.25, 0.3) is 10.0 Å². The highest BCUT2D eigenvalue weighted by atomic mass is 32.2. The summed E-state index contributed by atoms with van der Waals surface area (Å²) in [6, 6.07) is 10.8. The van der Waals surface area contributed by atoms with Crippen LogP contribution in [-0.2, 0) is 10.0 Å². The molecule has 2 aromatic carbocycles.